The minimum absolute atomic E-state index is 0.165. The van der Waals surface area contributed by atoms with Crippen molar-refractivity contribution in [2.24, 2.45) is 0 Å². The third kappa shape index (κ3) is 7.38. The van der Waals surface area contributed by atoms with Crippen LogP contribution in [0.2, 0.25) is 0 Å². The first kappa shape index (κ1) is 9.38. The monoisotopic (exact) mass is 342 g/mol. The molecule has 0 amide bonds. The number of ether oxygens (including phenoxy) is 1. The summed E-state index contributed by atoms with van der Waals surface area (Å²) in [6, 6.07) is 0. The van der Waals surface area contributed by atoms with Gasteiger partial charge in [-0.25, -0.2) is 0 Å². The van der Waals surface area contributed by atoms with Crippen LogP contribution in [0.25, 0.3) is 0 Å². The summed E-state index contributed by atoms with van der Waals surface area (Å²) in [5, 5.41) is 0. The summed E-state index contributed by atoms with van der Waals surface area (Å²) in [7, 11) is 4.17. The molecular formula is C4H10I2NO-. The predicted octanol–water partition coefficient (Wildman–Crippen LogP) is -2.08. The summed E-state index contributed by atoms with van der Waals surface area (Å²) in [4.78, 5) is 0. The molecule has 0 unspecified atom stereocenters. The fraction of sp³-hybridized carbons (Fsp3) is 1.00. The fourth-order valence-electron chi connectivity index (χ4n) is 0.161. The number of alkyl halides is 2. The number of rotatable bonds is 4. The van der Waals surface area contributed by atoms with E-state index in [0.717, 1.165) is 9.23 Å². The first-order chi connectivity index (χ1) is 3.77. The van der Waals surface area contributed by atoms with Gasteiger partial charge in [0.15, 0.2) is 0 Å². The van der Waals surface area contributed by atoms with Crippen LogP contribution in [0.3, 0.4) is 0 Å². The van der Waals surface area contributed by atoms with Crippen LogP contribution in [0.5, 0.6) is 0 Å². The summed E-state index contributed by atoms with van der Waals surface area (Å²) < 4.78 is 9.13. The van der Waals surface area contributed by atoms with Crippen LogP contribution >= 0.6 is 22.6 Å². The minimum atomic E-state index is 0.165. The molecule has 0 fully saturated rings. The number of hydrogen-bond donors (Lipinski definition) is 0. The molecule has 0 aromatic heterocycles. The maximum atomic E-state index is 5.14. The van der Waals surface area contributed by atoms with Crippen LogP contribution in [0.15, 0.2) is 0 Å². The van der Waals surface area contributed by atoms with Crippen LogP contribution in [0.1, 0.15) is 0 Å². The molecule has 0 aliphatic carbocycles. The fourth-order valence-corrected chi connectivity index (χ4v) is 2.20. The Balaban J connectivity index is 2.72. The zero-order valence-corrected chi connectivity index (χ0v) is 9.34. The summed E-state index contributed by atoms with van der Waals surface area (Å²) in [5.74, 6) is 0. The first-order valence-electron chi connectivity index (χ1n) is 2.18. The number of halogens is 2. The van der Waals surface area contributed by atoms with Crippen molar-refractivity contribution in [3.8, 4) is 0 Å². The Morgan fingerprint density at radius 3 is 2.62 bits per heavy atom. The van der Waals surface area contributed by atoms with Gasteiger partial charge >= 0.3 is 75.2 Å². The maximum absolute atomic E-state index is 5.14. The Morgan fingerprint density at radius 2 is 2.25 bits per heavy atom. The SMILES string of the molecule is CN(C)[I-]COCI. The zero-order chi connectivity index (χ0) is 6.41. The van der Waals surface area contributed by atoms with Crippen molar-refractivity contribution in [1.29, 1.82) is 0 Å². The molecule has 0 aliphatic heterocycles. The Labute approximate surface area is 74.7 Å². The molecule has 0 saturated carbocycles. The Bertz CT molecular complexity index is 51.3. The van der Waals surface area contributed by atoms with E-state index in [0.29, 0.717) is 0 Å². The molecule has 0 radical (unpaired) electrons. The average molecular weight is 342 g/mol. The average Bonchev–Trinajstić information content (AvgIpc) is 1.66. The second-order valence-corrected chi connectivity index (χ2v) is 5.18. The molecule has 0 aliphatic rings. The van der Waals surface area contributed by atoms with Crippen molar-refractivity contribution in [3.05, 3.63) is 0 Å². The summed E-state index contributed by atoms with van der Waals surface area (Å²) in [6.07, 6.45) is 0. The molecule has 0 saturated heterocycles. The van der Waals surface area contributed by atoms with E-state index in [4.69, 9.17) is 4.74 Å². The van der Waals surface area contributed by atoms with Gasteiger partial charge in [0.05, 0.1) is 0 Å². The molecule has 0 rings (SSSR count). The standard InChI is InChI=1S/C4H10I2NO/c1-7(2)6-4-8-3-5/h3-4H2,1-2H3/q-1. The predicted molar refractivity (Wildman–Crippen MR) is 38.5 cm³/mol. The third-order valence-electron chi connectivity index (χ3n) is 0.442. The molecule has 0 spiro atoms. The van der Waals surface area contributed by atoms with Gasteiger partial charge < -0.3 is 0 Å². The van der Waals surface area contributed by atoms with Gasteiger partial charge in [0.2, 0.25) is 0 Å². The van der Waals surface area contributed by atoms with Crippen molar-refractivity contribution in [2.75, 3.05) is 23.3 Å². The summed E-state index contributed by atoms with van der Waals surface area (Å²) in [5.41, 5.74) is 0. The van der Waals surface area contributed by atoms with E-state index in [1.807, 2.05) is 0 Å². The van der Waals surface area contributed by atoms with Crippen molar-refractivity contribution in [3.63, 3.8) is 0 Å². The molecule has 0 aromatic carbocycles. The molecule has 0 N–H and O–H groups in total. The van der Waals surface area contributed by atoms with E-state index in [-0.39, 0.29) is 21.5 Å². The molecule has 2 nitrogen and oxygen atoms in total. The van der Waals surface area contributed by atoms with Crippen molar-refractivity contribution >= 4 is 22.6 Å². The molecule has 4 heteroatoms. The van der Waals surface area contributed by atoms with E-state index in [1.54, 1.807) is 0 Å². The summed E-state index contributed by atoms with van der Waals surface area (Å²) in [6.45, 7) is 0. The second kappa shape index (κ2) is 6.50. The molecule has 52 valence electrons. The Hall–Kier alpha value is 1.38. The van der Waals surface area contributed by atoms with Gasteiger partial charge in [-0.05, 0) is 0 Å². The number of nitrogens with zero attached hydrogens (tertiary/aromatic N) is 1. The van der Waals surface area contributed by atoms with Gasteiger partial charge in [-0.3, -0.25) is 0 Å². The van der Waals surface area contributed by atoms with Gasteiger partial charge in [-0.15, -0.1) is 0 Å². The Kier molecular flexibility index (Phi) is 7.62. The molecule has 0 aromatic rings. The van der Waals surface area contributed by atoms with Gasteiger partial charge in [0.1, 0.15) is 0 Å². The van der Waals surface area contributed by atoms with Crippen molar-refractivity contribution < 1.29 is 26.2 Å². The summed E-state index contributed by atoms with van der Waals surface area (Å²) >= 11 is 2.38. The molecule has 0 heterocycles. The number of hydrogen-bond acceptors (Lipinski definition) is 2. The van der Waals surface area contributed by atoms with E-state index < -0.39 is 0 Å². The quantitative estimate of drug-likeness (QED) is 0.252. The van der Waals surface area contributed by atoms with E-state index >= 15 is 0 Å². The molecule has 8 heavy (non-hydrogen) atoms. The molecule has 0 atom stereocenters. The van der Waals surface area contributed by atoms with Gasteiger partial charge in [-0.2, -0.15) is 0 Å². The third-order valence-corrected chi connectivity index (χ3v) is 2.97. The van der Waals surface area contributed by atoms with Crippen LogP contribution in [-0.4, -0.2) is 26.4 Å². The van der Waals surface area contributed by atoms with E-state index in [2.05, 4.69) is 39.8 Å². The van der Waals surface area contributed by atoms with Gasteiger partial charge in [0, 0.05) is 0 Å². The van der Waals surface area contributed by atoms with E-state index in [1.165, 1.54) is 0 Å². The van der Waals surface area contributed by atoms with Crippen LogP contribution < -0.4 is 21.5 Å². The first-order valence-corrected chi connectivity index (χ1v) is 6.19. The second-order valence-electron chi connectivity index (χ2n) is 1.33. The van der Waals surface area contributed by atoms with Gasteiger partial charge in [0.25, 0.3) is 0 Å². The van der Waals surface area contributed by atoms with Crippen LogP contribution in [0, 0.1) is 0 Å². The van der Waals surface area contributed by atoms with E-state index in [9.17, 15) is 0 Å². The normalized spacial score (nSPS) is 11.0. The van der Waals surface area contributed by atoms with Crippen molar-refractivity contribution in [1.82, 2.24) is 3.11 Å². The molecular weight excluding hydrogens is 332 g/mol. The van der Waals surface area contributed by atoms with Crippen LogP contribution in [0.4, 0.5) is 0 Å². The van der Waals surface area contributed by atoms with Crippen molar-refractivity contribution in [2.45, 2.75) is 0 Å². The Morgan fingerprint density at radius 1 is 1.62 bits per heavy atom. The zero-order valence-electron chi connectivity index (χ0n) is 5.03. The molecule has 0 bridgehead atoms. The van der Waals surface area contributed by atoms with Crippen LogP contribution in [-0.2, 0) is 4.74 Å². The van der Waals surface area contributed by atoms with Gasteiger partial charge in [-0.1, -0.05) is 0 Å². The topological polar surface area (TPSA) is 12.5 Å².